The number of ether oxygens (including phenoxy) is 2. The summed E-state index contributed by atoms with van der Waals surface area (Å²) >= 11 is 0. The maximum atomic E-state index is 13.2. The molecule has 2 aliphatic rings. The molecule has 1 aliphatic heterocycles. The quantitative estimate of drug-likeness (QED) is 0.882. The maximum Gasteiger partial charge on any atom is 0.225 e. The molecule has 0 saturated carbocycles. The molecule has 1 aliphatic carbocycles. The summed E-state index contributed by atoms with van der Waals surface area (Å²) in [6, 6.07) is 15.4. The van der Waals surface area contributed by atoms with Gasteiger partial charge in [0.2, 0.25) is 5.91 Å². The van der Waals surface area contributed by atoms with Gasteiger partial charge in [0.25, 0.3) is 0 Å². The molecule has 1 heterocycles. The molecule has 2 aromatic carbocycles. The van der Waals surface area contributed by atoms with Crippen molar-refractivity contribution in [2.75, 3.05) is 14.2 Å². The second kappa shape index (κ2) is 7.50. The van der Waals surface area contributed by atoms with E-state index in [9.17, 15) is 9.59 Å². The van der Waals surface area contributed by atoms with E-state index in [-0.39, 0.29) is 29.9 Å². The Balaban J connectivity index is 1.73. The summed E-state index contributed by atoms with van der Waals surface area (Å²) in [6.07, 6.45) is 1.31. The Labute approximate surface area is 164 Å². The molecule has 28 heavy (non-hydrogen) atoms. The van der Waals surface area contributed by atoms with Crippen molar-refractivity contribution < 1.29 is 19.1 Å². The second-order valence-corrected chi connectivity index (χ2v) is 7.24. The molecule has 0 saturated heterocycles. The number of hydrogen-bond acceptors (Lipinski definition) is 4. The first-order chi connectivity index (χ1) is 13.6. The number of carbonyl (C=O) groups excluding carboxylic acids is 2. The molecule has 0 bridgehead atoms. The lowest BCUT2D eigenvalue weighted by atomic mass is 9.73. The number of para-hydroxylation sites is 1. The van der Waals surface area contributed by atoms with Crippen molar-refractivity contribution in [1.82, 2.24) is 5.32 Å². The zero-order valence-corrected chi connectivity index (χ0v) is 16.0. The van der Waals surface area contributed by atoms with Crippen LogP contribution in [-0.4, -0.2) is 25.9 Å². The van der Waals surface area contributed by atoms with E-state index in [1.807, 2.05) is 48.5 Å². The molecule has 0 aromatic heterocycles. The molecular weight excluding hydrogens is 354 g/mol. The normalized spacial score (nSPS) is 21.8. The van der Waals surface area contributed by atoms with Crippen molar-refractivity contribution in [3.63, 3.8) is 0 Å². The van der Waals surface area contributed by atoms with Crippen LogP contribution in [0.25, 0.3) is 0 Å². The number of amides is 1. The van der Waals surface area contributed by atoms with Gasteiger partial charge in [0.05, 0.1) is 14.2 Å². The average molecular weight is 377 g/mol. The fourth-order valence-electron chi connectivity index (χ4n) is 4.31. The van der Waals surface area contributed by atoms with Gasteiger partial charge in [0.15, 0.2) is 5.78 Å². The summed E-state index contributed by atoms with van der Waals surface area (Å²) in [7, 11) is 3.24. The highest BCUT2D eigenvalue weighted by Gasteiger charge is 2.39. The summed E-state index contributed by atoms with van der Waals surface area (Å²) in [4.78, 5) is 25.6. The summed E-state index contributed by atoms with van der Waals surface area (Å²) in [5.41, 5.74) is 3.41. The van der Waals surface area contributed by atoms with Crippen molar-refractivity contribution in [2.45, 2.75) is 31.1 Å². The highest BCUT2D eigenvalue weighted by molar-refractivity contribution is 6.02. The Kier molecular flexibility index (Phi) is 4.90. The minimum absolute atomic E-state index is 0.0260. The van der Waals surface area contributed by atoms with Crippen LogP contribution >= 0.6 is 0 Å². The molecule has 0 radical (unpaired) electrons. The molecule has 1 amide bonds. The van der Waals surface area contributed by atoms with Gasteiger partial charge in [-0.25, -0.2) is 0 Å². The van der Waals surface area contributed by atoms with Crippen LogP contribution in [0.4, 0.5) is 0 Å². The third-order valence-corrected chi connectivity index (χ3v) is 5.62. The van der Waals surface area contributed by atoms with Gasteiger partial charge < -0.3 is 14.8 Å². The van der Waals surface area contributed by atoms with E-state index in [4.69, 9.17) is 9.47 Å². The van der Waals surface area contributed by atoms with Crippen molar-refractivity contribution >= 4 is 11.7 Å². The smallest absolute Gasteiger partial charge is 0.225 e. The van der Waals surface area contributed by atoms with E-state index in [1.165, 1.54) is 0 Å². The summed E-state index contributed by atoms with van der Waals surface area (Å²) < 4.78 is 10.8. The predicted molar refractivity (Wildman–Crippen MR) is 105 cm³/mol. The third-order valence-electron chi connectivity index (χ3n) is 5.62. The largest absolute Gasteiger partial charge is 0.497 e. The Hall–Kier alpha value is -3.08. The number of hydrogen-bond donors (Lipinski definition) is 1. The van der Waals surface area contributed by atoms with Crippen LogP contribution < -0.4 is 14.8 Å². The first-order valence-corrected chi connectivity index (χ1v) is 9.43. The lowest BCUT2D eigenvalue weighted by molar-refractivity contribution is -0.122. The maximum absolute atomic E-state index is 13.2. The van der Waals surface area contributed by atoms with Crippen molar-refractivity contribution in [2.24, 2.45) is 0 Å². The van der Waals surface area contributed by atoms with E-state index in [0.29, 0.717) is 18.6 Å². The standard InChI is InChI=1S/C23H23NO4/c1-27-16-7-5-6-14(10-16)15-11-19-23(20(25)12-15)18(13-22(26)24-19)17-8-3-4-9-21(17)28-2/h3-10,15,18H,11-13H2,1-2H3,(H,24,26). The number of Topliss-reactive ketones (excluding diaryl/α,β-unsaturated/α-hetero) is 1. The van der Waals surface area contributed by atoms with Gasteiger partial charge in [0.1, 0.15) is 11.5 Å². The lowest BCUT2D eigenvalue weighted by Crippen LogP contribution is -2.38. The van der Waals surface area contributed by atoms with E-state index in [1.54, 1.807) is 14.2 Å². The molecule has 144 valence electrons. The van der Waals surface area contributed by atoms with E-state index in [0.717, 1.165) is 28.1 Å². The number of methoxy groups -OCH3 is 2. The Morgan fingerprint density at radius 1 is 0.929 bits per heavy atom. The fourth-order valence-corrected chi connectivity index (χ4v) is 4.31. The first-order valence-electron chi connectivity index (χ1n) is 9.43. The number of rotatable bonds is 4. The summed E-state index contributed by atoms with van der Waals surface area (Å²) in [5.74, 6) is 1.26. The molecule has 1 N–H and O–H groups in total. The van der Waals surface area contributed by atoms with Gasteiger partial charge in [-0.2, -0.15) is 0 Å². The van der Waals surface area contributed by atoms with Crippen molar-refractivity contribution in [3.05, 3.63) is 70.9 Å². The van der Waals surface area contributed by atoms with Crippen molar-refractivity contribution in [3.8, 4) is 11.5 Å². The van der Waals surface area contributed by atoms with Gasteiger partial charge in [0, 0.05) is 35.6 Å². The van der Waals surface area contributed by atoms with Crippen LogP contribution in [0.1, 0.15) is 42.2 Å². The fraction of sp³-hybridized carbons (Fsp3) is 0.304. The van der Waals surface area contributed by atoms with E-state index in [2.05, 4.69) is 5.32 Å². The Morgan fingerprint density at radius 2 is 1.75 bits per heavy atom. The van der Waals surface area contributed by atoms with Crippen molar-refractivity contribution in [1.29, 1.82) is 0 Å². The first kappa shape index (κ1) is 18.3. The van der Waals surface area contributed by atoms with Crippen LogP contribution in [0.15, 0.2) is 59.8 Å². The lowest BCUT2D eigenvalue weighted by Gasteiger charge is -2.35. The number of ketones is 1. The van der Waals surface area contributed by atoms with Gasteiger partial charge in [-0.15, -0.1) is 0 Å². The number of benzene rings is 2. The van der Waals surface area contributed by atoms with E-state index < -0.39 is 0 Å². The summed E-state index contributed by atoms with van der Waals surface area (Å²) in [6.45, 7) is 0. The number of carbonyl (C=O) groups is 2. The Bertz CT molecular complexity index is 963. The molecular formula is C23H23NO4. The SMILES string of the molecule is COc1cccc(C2CC(=O)C3=C(C2)NC(=O)CC3c2ccccc2OC)c1. The molecule has 2 atom stereocenters. The Morgan fingerprint density at radius 3 is 2.54 bits per heavy atom. The topological polar surface area (TPSA) is 64.6 Å². The van der Waals surface area contributed by atoms with Crippen LogP contribution in [-0.2, 0) is 9.59 Å². The second-order valence-electron chi connectivity index (χ2n) is 7.24. The average Bonchev–Trinajstić information content (AvgIpc) is 2.72. The minimum Gasteiger partial charge on any atom is -0.497 e. The van der Waals surface area contributed by atoms with Crippen LogP contribution in [0, 0.1) is 0 Å². The summed E-state index contributed by atoms with van der Waals surface area (Å²) in [5, 5.41) is 2.96. The molecule has 5 heteroatoms. The zero-order chi connectivity index (χ0) is 19.7. The minimum atomic E-state index is -0.265. The number of nitrogens with one attached hydrogen (secondary N) is 1. The third kappa shape index (κ3) is 3.28. The number of allylic oxidation sites excluding steroid dienone is 2. The predicted octanol–water partition coefficient (Wildman–Crippen LogP) is 3.71. The van der Waals surface area contributed by atoms with Gasteiger partial charge in [-0.3, -0.25) is 9.59 Å². The molecule has 0 spiro atoms. The zero-order valence-electron chi connectivity index (χ0n) is 16.0. The molecule has 5 nitrogen and oxygen atoms in total. The highest BCUT2D eigenvalue weighted by atomic mass is 16.5. The van der Waals surface area contributed by atoms with Crippen LogP contribution in [0.3, 0.4) is 0 Å². The van der Waals surface area contributed by atoms with Crippen LogP contribution in [0.2, 0.25) is 0 Å². The molecule has 4 rings (SSSR count). The van der Waals surface area contributed by atoms with Gasteiger partial charge in [-0.05, 0) is 36.1 Å². The van der Waals surface area contributed by atoms with Crippen LogP contribution in [0.5, 0.6) is 11.5 Å². The highest BCUT2D eigenvalue weighted by Crippen LogP contribution is 2.44. The monoisotopic (exact) mass is 377 g/mol. The molecule has 2 aromatic rings. The van der Waals surface area contributed by atoms with Gasteiger partial charge >= 0.3 is 0 Å². The molecule has 2 unspecified atom stereocenters. The van der Waals surface area contributed by atoms with E-state index >= 15 is 0 Å². The molecule has 0 fully saturated rings. The van der Waals surface area contributed by atoms with Gasteiger partial charge in [-0.1, -0.05) is 30.3 Å².